The van der Waals surface area contributed by atoms with Gasteiger partial charge in [-0.1, -0.05) is 0 Å². The molecule has 10 heteroatoms. The maximum atomic E-state index is 12.9. The van der Waals surface area contributed by atoms with Gasteiger partial charge in [-0.2, -0.15) is 0 Å². The molecule has 0 unspecified atom stereocenters. The van der Waals surface area contributed by atoms with E-state index in [0.717, 1.165) is 11.1 Å². The van der Waals surface area contributed by atoms with Gasteiger partial charge in [-0.25, -0.2) is 9.59 Å². The van der Waals surface area contributed by atoms with Gasteiger partial charge in [0.15, 0.2) is 0 Å². The minimum atomic E-state index is -0.689. The van der Waals surface area contributed by atoms with Gasteiger partial charge in [-0.05, 0) is 103 Å². The van der Waals surface area contributed by atoms with Gasteiger partial charge in [0.05, 0.1) is 14.2 Å². The highest BCUT2D eigenvalue weighted by Gasteiger charge is 2.26. The number of hydrogen-bond donors (Lipinski definition) is 2. The second-order valence-corrected chi connectivity index (χ2v) is 11.5. The standard InChI is InChI=1S/C30H42N2O8/c1-17-19(11-15-23(33)37-9)21(31-25(17)27(35)39-29(3,4)5)13-14-22-20(12-16-24(34)38-10)18(2)26(32-22)28(36)40-30(6,7)8/h13-14,31-32H,11-12,15-16H2,1-10H3. The summed E-state index contributed by atoms with van der Waals surface area (Å²) in [7, 11) is 2.65. The van der Waals surface area contributed by atoms with Gasteiger partial charge >= 0.3 is 23.9 Å². The van der Waals surface area contributed by atoms with Crippen LogP contribution in [0.5, 0.6) is 0 Å². The molecule has 2 aromatic rings. The van der Waals surface area contributed by atoms with E-state index in [9.17, 15) is 19.2 Å². The molecule has 2 rings (SSSR count). The summed E-state index contributed by atoms with van der Waals surface area (Å²) >= 11 is 0. The molecule has 0 saturated carbocycles. The van der Waals surface area contributed by atoms with Crippen LogP contribution in [0, 0.1) is 13.8 Å². The van der Waals surface area contributed by atoms with E-state index >= 15 is 0 Å². The van der Waals surface area contributed by atoms with Crippen molar-refractivity contribution in [3.05, 3.63) is 45.0 Å². The normalized spacial score (nSPS) is 11.9. The zero-order chi connectivity index (χ0) is 30.4. The fraction of sp³-hybridized carbons (Fsp3) is 0.533. The number of nitrogens with one attached hydrogen (secondary N) is 2. The van der Waals surface area contributed by atoms with E-state index in [0.29, 0.717) is 35.4 Å². The van der Waals surface area contributed by atoms with Gasteiger partial charge in [0.2, 0.25) is 0 Å². The van der Waals surface area contributed by atoms with Crippen LogP contribution in [0.15, 0.2) is 0 Å². The van der Waals surface area contributed by atoms with Gasteiger partial charge < -0.3 is 28.9 Å². The minimum Gasteiger partial charge on any atom is -0.469 e. The lowest BCUT2D eigenvalue weighted by Crippen LogP contribution is -2.24. The van der Waals surface area contributed by atoms with Crippen LogP contribution in [0.2, 0.25) is 0 Å². The van der Waals surface area contributed by atoms with Crippen LogP contribution < -0.4 is 0 Å². The summed E-state index contributed by atoms with van der Waals surface area (Å²) in [5.41, 5.74) is 3.26. The van der Waals surface area contributed by atoms with Gasteiger partial charge in [0, 0.05) is 24.2 Å². The number of carbonyl (C=O) groups excluding carboxylic acids is 4. The maximum Gasteiger partial charge on any atom is 0.355 e. The molecule has 0 aliphatic carbocycles. The van der Waals surface area contributed by atoms with Crippen molar-refractivity contribution < 1.29 is 38.1 Å². The van der Waals surface area contributed by atoms with E-state index in [4.69, 9.17) is 18.9 Å². The number of esters is 4. The summed E-state index contributed by atoms with van der Waals surface area (Å²) < 4.78 is 20.7. The smallest absolute Gasteiger partial charge is 0.355 e. The molecule has 0 aliphatic heterocycles. The molecule has 0 aromatic carbocycles. The third kappa shape index (κ3) is 8.86. The van der Waals surface area contributed by atoms with E-state index in [1.54, 1.807) is 67.5 Å². The number of methoxy groups -OCH3 is 2. The summed E-state index contributed by atoms with van der Waals surface area (Å²) in [4.78, 5) is 55.9. The van der Waals surface area contributed by atoms with Crippen molar-refractivity contribution in [1.82, 2.24) is 9.97 Å². The molecule has 2 aromatic heterocycles. The Balaban J connectivity index is 2.58. The van der Waals surface area contributed by atoms with Gasteiger partial charge in [0.1, 0.15) is 22.6 Å². The fourth-order valence-corrected chi connectivity index (χ4v) is 4.13. The van der Waals surface area contributed by atoms with Crippen LogP contribution in [0.4, 0.5) is 0 Å². The molecule has 0 amide bonds. The third-order valence-electron chi connectivity index (χ3n) is 6.06. The Hall–Kier alpha value is -3.82. The van der Waals surface area contributed by atoms with E-state index in [2.05, 4.69) is 9.97 Å². The molecule has 40 heavy (non-hydrogen) atoms. The molecular formula is C30H42N2O8. The van der Waals surface area contributed by atoms with Crippen molar-refractivity contribution in [3.8, 4) is 0 Å². The van der Waals surface area contributed by atoms with Crippen LogP contribution in [-0.4, -0.2) is 59.3 Å². The van der Waals surface area contributed by atoms with Crippen LogP contribution in [0.25, 0.3) is 12.2 Å². The van der Waals surface area contributed by atoms with Crippen LogP contribution >= 0.6 is 0 Å². The van der Waals surface area contributed by atoms with Crippen LogP contribution in [0.1, 0.15) is 109 Å². The largest absolute Gasteiger partial charge is 0.469 e. The first kappa shape index (κ1) is 32.4. The molecule has 2 N–H and O–H groups in total. The Morgan fingerprint density at radius 1 is 0.650 bits per heavy atom. The Labute approximate surface area is 235 Å². The zero-order valence-electron chi connectivity index (χ0n) is 25.2. The first-order valence-corrected chi connectivity index (χ1v) is 13.2. The summed E-state index contributed by atoms with van der Waals surface area (Å²) in [6.07, 6.45) is 4.44. The predicted octanol–water partition coefficient (Wildman–Crippen LogP) is 5.25. The number of rotatable bonds is 10. The molecule has 0 radical (unpaired) electrons. The summed E-state index contributed by atoms with van der Waals surface area (Å²) in [6.45, 7) is 14.3. The lowest BCUT2D eigenvalue weighted by molar-refractivity contribution is -0.141. The average Bonchev–Trinajstić information content (AvgIpc) is 3.33. The molecule has 220 valence electrons. The first-order chi connectivity index (χ1) is 18.5. The number of ether oxygens (including phenoxy) is 4. The molecule has 0 fully saturated rings. The van der Waals surface area contributed by atoms with Crippen LogP contribution in [0.3, 0.4) is 0 Å². The lowest BCUT2D eigenvalue weighted by Gasteiger charge is -2.19. The Morgan fingerprint density at radius 2 is 0.975 bits per heavy atom. The minimum absolute atomic E-state index is 0.124. The summed E-state index contributed by atoms with van der Waals surface area (Å²) in [5.74, 6) is -1.76. The molecule has 0 atom stereocenters. The number of carbonyl (C=O) groups is 4. The monoisotopic (exact) mass is 558 g/mol. The van der Waals surface area contributed by atoms with Crippen molar-refractivity contribution in [2.24, 2.45) is 0 Å². The second-order valence-electron chi connectivity index (χ2n) is 11.5. The van der Waals surface area contributed by atoms with Crippen molar-refractivity contribution >= 4 is 36.0 Å². The van der Waals surface area contributed by atoms with Crippen molar-refractivity contribution in [3.63, 3.8) is 0 Å². The van der Waals surface area contributed by atoms with Gasteiger partial charge in [0.25, 0.3) is 0 Å². The Morgan fingerprint density at radius 3 is 1.25 bits per heavy atom. The zero-order valence-corrected chi connectivity index (χ0v) is 25.2. The quantitative estimate of drug-likeness (QED) is 0.298. The van der Waals surface area contributed by atoms with E-state index in [1.807, 2.05) is 0 Å². The molecule has 2 heterocycles. The van der Waals surface area contributed by atoms with Gasteiger partial charge in [-0.15, -0.1) is 0 Å². The summed E-state index contributed by atoms with van der Waals surface area (Å²) in [6, 6.07) is 0. The number of H-pyrrole nitrogens is 2. The fourth-order valence-electron chi connectivity index (χ4n) is 4.13. The number of hydrogen-bond acceptors (Lipinski definition) is 8. The van der Waals surface area contributed by atoms with Crippen molar-refractivity contribution in [1.29, 1.82) is 0 Å². The van der Waals surface area contributed by atoms with E-state index in [-0.39, 0.29) is 36.2 Å². The molecule has 0 spiro atoms. The molecule has 0 saturated heterocycles. The Bertz CT molecular complexity index is 1180. The molecule has 0 aliphatic rings. The van der Waals surface area contributed by atoms with Crippen LogP contribution in [-0.2, 0) is 41.4 Å². The lowest BCUT2D eigenvalue weighted by atomic mass is 10.0. The number of aromatic amines is 2. The highest BCUT2D eigenvalue weighted by Crippen LogP contribution is 2.27. The maximum absolute atomic E-state index is 12.9. The van der Waals surface area contributed by atoms with Crippen molar-refractivity contribution in [2.45, 2.75) is 92.3 Å². The van der Waals surface area contributed by atoms with E-state index in [1.165, 1.54) is 14.2 Å². The Kier molecular flexibility index (Phi) is 10.5. The SMILES string of the molecule is COC(=O)CCc1c(C=Cc2[nH]c(C(=O)OC(C)(C)C)c(C)c2CCC(=O)OC)[nH]c(C(=O)OC(C)(C)C)c1C. The molecular weight excluding hydrogens is 516 g/mol. The average molecular weight is 559 g/mol. The topological polar surface area (TPSA) is 137 Å². The van der Waals surface area contributed by atoms with Crippen molar-refractivity contribution in [2.75, 3.05) is 14.2 Å². The first-order valence-electron chi connectivity index (χ1n) is 13.2. The number of aromatic nitrogens is 2. The highest BCUT2D eigenvalue weighted by atomic mass is 16.6. The second kappa shape index (κ2) is 13.0. The van der Waals surface area contributed by atoms with Gasteiger partial charge in [-0.3, -0.25) is 9.59 Å². The predicted molar refractivity (Wildman–Crippen MR) is 151 cm³/mol. The molecule has 0 bridgehead atoms. The van der Waals surface area contributed by atoms with E-state index < -0.39 is 23.1 Å². The highest BCUT2D eigenvalue weighted by molar-refractivity contribution is 5.92. The molecule has 10 nitrogen and oxygen atoms in total. The third-order valence-corrected chi connectivity index (χ3v) is 6.06. The summed E-state index contributed by atoms with van der Waals surface area (Å²) in [5, 5.41) is 0.